The minimum atomic E-state index is -1.19. The molecule has 14 heteroatoms. The number of imidazole rings is 1. The molecule has 0 aromatic carbocycles. The SMILES string of the molecule is COC(=O)[C@@]12C[C@H]1C=CCCCCC[C@H](NC(=O)OC(C)(C)C)C(=O)N1C[C@H](Oc3ccnc4cc(-c5nccn5C)sc34)C[C@H]1C(=O)N2. The van der Waals surface area contributed by atoms with Crippen molar-refractivity contribution in [3.8, 4) is 16.5 Å². The second-order valence-electron chi connectivity index (χ2n) is 14.0. The lowest BCUT2D eigenvalue weighted by molar-refractivity contribution is -0.148. The molecule has 2 N–H and O–H groups in total. The number of carbonyl (C=O) groups is 4. The Labute approximate surface area is 289 Å². The van der Waals surface area contributed by atoms with E-state index in [1.54, 1.807) is 39.2 Å². The van der Waals surface area contributed by atoms with Crippen molar-refractivity contribution in [1.82, 2.24) is 30.1 Å². The minimum absolute atomic E-state index is 0.0966. The Morgan fingerprint density at radius 3 is 2.69 bits per heavy atom. The van der Waals surface area contributed by atoms with Gasteiger partial charge in [0.1, 0.15) is 40.9 Å². The molecule has 1 saturated heterocycles. The molecule has 262 valence electrons. The fourth-order valence-corrected chi connectivity index (χ4v) is 7.78. The van der Waals surface area contributed by atoms with E-state index in [0.717, 1.165) is 40.2 Å². The molecule has 3 aliphatic rings. The van der Waals surface area contributed by atoms with Gasteiger partial charge in [-0.05, 0) is 58.6 Å². The van der Waals surface area contributed by atoms with Crippen molar-refractivity contribution in [2.24, 2.45) is 13.0 Å². The van der Waals surface area contributed by atoms with Crippen LogP contribution in [0.2, 0.25) is 0 Å². The molecule has 3 amide bonds. The van der Waals surface area contributed by atoms with Gasteiger partial charge in [-0.3, -0.25) is 14.6 Å². The molecular weight excluding hydrogens is 648 g/mol. The molecule has 5 heterocycles. The van der Waals surface area contributed by atoms with Gasteiger partial charge >= 0.3 is 12.1 Å². The average Bonchev–Trinajstić information content (AvgIpc) is 3.41. The number of amides is 3. The summed E-state index contributed by atoms with van der Waals surface area (Å²) < 4.78 is 19.9. The molecular formula is C35H44N6O7S. The molecule has 0 unspecified atom stereocenters. The van der Waals surface area contributed by atoms with Gasteiger partial charge in [0.15, 0.2) is 0 Å². The summed E-state index contributed by atoms with van der Waals surface area (Å²) in [5.74, 6) is -0.215. The molecule has 13 nitrogen and oxygen atoms in total. The van der Waals surface area contributed by atoms with Crippen molar-refractivity contribution in [1.29, 1.82) is 0 Å². The van der Waals surface area contributed by atoms with Crippen molar-refractivity contribution in [2.45, 2.75) is 95.0 Å². The van der Waals surface area contributed by atoms with Gasteiger partial charge in [-0.25, -0.2) is 14.6 Å². The number of hydrogen-bond donors (Lipinski definition) is 2. The number of carbonyl (C=O) groups excluding carboxylic acids is 4. The third-order valence-corrected chi connectivity index (χ3v) is 10.3. The number of thiophene rings is 1. The zero-order valence-corrected chi connectivity index (χ0v) is 29.4. The first-order valence-electron chi connectivity index (χ1n) is 16.8. The van der Waals surface area contributed by atoms with E-state index >= 15 is 0 Å². The van der Waals surface area contributed by atoms with Crippen LogP contribution in [0.25, 0.3) is 20.9 Å². The monoisotopic (exact) mass is 692 g/mol. The number of hydrogen-bond acceptors (Lipinski definition) is 10. The highest BCUT2D eigenvalue weighted by Crippen LogP contribution is 2.46. The molecule has 1 aliphatic carbocycles. The maximum absolute atomic E-state index is 14.3. The molecule has 2 aliphatic heterocycles. The quantitative estimate of drug-likeness (QED) is 0.291. The van der Waals surface area contributed by atoms with Crippen molar-refractivity contribution in [2.75, 3.05) is 13.7 Å². The first kappa shape index (κ1) is 34.4. The van der Waals surface area contributed by atoms with Crippen LogP contribution in [0.4, 0.5) is 4.79 Å². The van der Waals surface area contributed by atoms with Crippen molar-refractivity contribution in [3.05, 3.63) is 42.9 Å². The van der Waals surface area contributed by atoms with E-state index in [0.29, 0.717) is 25.0 Å². The van der Waals surface area contributed by atoms with Gasteiger partial charge in [-0.15, -0.1) is 11.3 Å². The van der Waals surface area contributed by atoms with Crippen LogP contribution >= 0.6 is 11.3 Å². The third kappa shape index (κ3) is 7.43. The van der Waals surface area contributed by atoms with Crippen LogP contribution in [0.3, 0.4) is 0 Å². The first-order chi connectivity index (χ1) is 23.4. The number of ether oxygens (including phenoxy) is 3. The van der Waals surface area contributed by atoms with Gasteiger partial charge in [-0.2, -0.15) is 0 Å². The van der Waals surface area contributed by atoms with E-state index in [-0.39, 0.29) is 18.9 Å². The van der Waals surface area contributed by atoms with Crippen molar-refractivity contribution >= 4 is 45.4 Å². The first-order valence-corrected chi connectivity index (χ1v) is 17.6. The molecule has 5 atom stereocenters. The Morgan fingerprint density at radius 1 is 1.14 bits per heavy atom. The summed E-state index contributed by atoms with van der Waals surface area (Å²) in [6, 6.07) is 1.86. The number of fused-ring (bicyclic) bond motifs is 3. The number of pyridine rings is 1. The molecule has 6 rings (SSSR count). The number of esters is 1. The van der Waals surface area contributed by atoms with E-state index in [2.05, 4.69) is 20.6 Å². The highest BCUT2D eigenvalue weighted by Gasteiger charge is 2.62. The Hall–Kier alpha value is -4.46. The second kappa shape index (κ2) is 13.8. The van der Waals surface area contributed by atoms with Crippen LogP contribution in [0.5, 0.6) is 5.75 Å². The Kier molecular flexibility index (Phi) is 9.70. The minimum Gasteiger partial charge on any atom is -0.487 e. The predicted molar refractivity (Wildman–Crippen MR) is 183 cm³/mol. The van der Waals surface area contributed by atoms with Crippen molar-refractivity contribution in [3.63, 3.8) is 0 Å². The van der Waals surface area contributed by atoms with Gasteiger partial charge in [0.05, 0.1) is 28.7 Å². The summed E-state index contributed by atoms with van der Waals surface area (Å²) in [5.41, 5.74) is -1.21. The van der Waals surface area contributed by atoms with Crippen molar-refractivity contribution < 1.29 is 33.4 Å². The maximum atomic E-state index is 14.3. The van der Waals surface area contributed by atoms with Crippen LogP contribution in [-0.2, 0) is 30.9 Å². The molecule has 1 saturated carbocycles. The van der Waals surface area contributed by atoms with Crippen LogP contribution in [0, 0.1) is 5.92 Å². The van der Waals surface area contributed by atoms with E-state index in [1.165, 1.54) is 23.3 Å². The van der Waals surface area contributed by atoms with E-state index in [4.69, 9.17) is 14.2 Å². The smallest absolute Gasteiger partial charge is 0.408 e. The topological polar surface area (TPSA) is 154 Å². The number of methoxy groups -OCH3 is 1. The summed E-state index contributed by atoms with van der Waals surface area (Å²) in [5, 5.41) is 5.74. The standard InChI is InChI=1S/C35H44N6O7S/c1-34(2,3)48-33(45)38-23-12-10-8-6-7-9-11-21-19-35(21,32(44)46-5)39-30(42)25-17-22(20-41(25)31(23)43)47-26-13-14-36-24-18-27(49-28(24)26)29-37-15-16-40(29)4/h9,11,13-16,18,21-23,25H,6-8,10,12,17,19-20H2,1-5H3,(H,38,45)(H,39,42)/t21-,22-,23+,25+,35-/m1/s1. The number of aromatic nitrogens is 3. The summed E-state index contributed by atoms with van der Waals surface area (Å²) in [6.45, 7) is 5.37. The number of allylic oxidation sites excluding steroid dienone is 1. The molecule has 0 spiro atoms. The fourth-order valence-electron chi connectivity index (χ4n) is 6.67. The Morgan fingerprint density at radius 2 is 1.96 bits per heavy atom. The lowest BCUT2D eigenvalue weighted by Crippen LogP contribution is -2.56. The average molecular weight is 693 g/mol. The van der Waals surface area contributed by atoms with Crippen LogP contribution in [0.15, 0.2) is 42.9 Å². The van der Waals surface area contributed by atoms with Gasteiger partial charge < -0.3 is 34.3 Å². The highest BCUT2D eigenvalue weighted by molar-refractivity contribution is 7.22. The third-order valence-electron chi connectivity index (χ3n) is 9.19. The van der Waals surface area contributed by atoms with E-state index in [1.807, 2.05) is 36.0 Å². The summed E-state index contributed by atoms with van der Waals surface area (Å²) >= 11 is 1.50. The van der Waals surface area contributed by atoms with Gasteiger partial charge in [-0.1, -0.05) is 25.0 Å². The van der Waals surface area contributed by atoms with E-state index in [9.17, 15) is 19.2 Å². The van der Waals surface area contributed by atoms with Gasteiger partial charge in [0, 0.05) is 38.0 Å². The molecule has 0 radical (unpaired) electrons. The fraction of sp³-hybridized carbons (Fsp3) is 0.543. The highest BCUT2D eigenvalue weighted by atomic mass is 32.1. The number of nitrogens with zero attached hydrogens (tertiary/aromatic N) is 4. The number of nitrogens with one attached hydrogen (secondary N) is 2. The Balaban J connectivity index is 1.30. The summed E-state index contributed by atoms with van der Waals surface area (Å²) in [7, 11) is 3.23. The van der Waals surface area contributed by atoms with E-state index < -0.39 is 53.2 Å². The zero-order valence-electron chi connectivity index (χ0n) is 28.6. The second-order valence-corrected chi connectivity index (χ2v) is 15.1. The van der Waals surface area contributed by atoms with Gasteiger partial charge in [0.25, 0.3) is 0 Å². The molecule has 2 fully saturated rings. The Bertz CT molecular complexity index is 1760. The predicted octanol–water partition coefficient (Wildman–Crippen LogP) is 4.51. The molecule has 3 aromatic rings. The lowest BCUT2D eigenvalue weighted by Gasteiger charge is -2.30. The number of alkyl carbamates (subject to hydrolysis) is 1. The van der Waals surface area contributed by atoms with Gasteiger partial charge in [0.2, 0.25) is 11.8 Å². The van der Waals surface area contributed by atoms with Crippen LogP contribution in [0.1, 0.15) is 65.7 Å². The zero-order chi connectivity index (χ0) is 34.9. The number of aryl methyl sites for hydroxylation is 1. The lowest BCUT2D eigenvalue weighted by atomic mass is 10.0. The summed E-state index contributed by atoms with van der Waals surface area (Å²) in [4.78, 5) is 65.8. The molecule has 49 heavy (non-hydrogen) atoms. The maximum Gasteiger partial charge on any atom is 0.408 e. The molecule has 3 aromatic heterocycles. The van der Waals surface area contributed by atoms with Crippen LogP contribution < -0.4 is 15.4 Å². The largest absolute Gasteiger partial charge is 0.487 e. The normalized spacial score (nSPS) is 26.2. The van der Waals surface area contributed by atoms with Crippen LogP contribution in [-0.4, -0.2) is 86.3 Å². The summed E-state index contributed by atoms with van der Waals surface area (Å²) in [6.07, 6.45) is 12.2. The number of rotatable bonds is 5. The molecule has 0 bridgehead atoms.